The molecule has 150 valence electrons. The largest absolute Gasteiger partial charge is 0.416 e. The molecule has 0 radical (unpaired) electrons. The highest BCUT2D eigenvalue weighted by Crippen LogP contribution is 2.30. The smallest absolute Gasteiger partial charge is 0.297 e. The summed E-state index contributed by atoms with van der Waals surface area (Å²) in [6.45, 7) is 0. The van der Waals surface area contributed by atoms with Crippen molar-refractivity contribution >= 4 is 40.2 Å². The number of thioether (sulfide) groups is 1. The summed E-state index contributed by atoms with van der Waals surface area (Å²) in [6.07, 6.45) is -2.03. The Hall–Kier alpha value is -2.72. The molecule has 4 nitrogen and oxygen atoms in total. The molecule has 3 aromatic rings. The molecule has 3 rings (SSSR count). The molecule has 0 spiro atoms. The predicted molar refractivity (Wildman–Crippen MR) is 105 cm³/mol. The van der Waals surface area contributed by atoms with Crippen LogP contribution in [0.2, 0.25) is 0 Å². The topological polar surface area (TPSA) is 54.9 Å². The van der Waals surface area contributed by atoms with E-state index in [4.69, 9.17) is 0 Å². The van der Waals surface area contributed by atoms with Gasteiger partial charge >= 0.3 is 6.18 Å². The first-order chi connectivity index (χ1) is 13.8. The van der Waals surface area contributed by atoms with E-state index in [1.807, 2.05) is 0 Å². The number of nitrogens with one attached hydrogen (secondary N) is 1. The highest BCUT2D eigenvalue weighted by Gasteiger charge is 2.30. The van der Waals surface area contributed by atoms with Crippen molar-refractivity contribution in [1.29, 1.82) is 0 Å². The van der Waals surface area contributed by atoms with E-state index in [0.717, 1.165) is 35.1 Å². The molecule has 0 bridgehead atoms. The van der Waals surface area contributed by atoms with Crippen molar-refractivity contribution in [1.82, 2.24) is 10.2 Å². The van der Waals surface area contributed by atoms with E-state index in [2.05, 4.69) is 15.5 Å². The second-order valence-electron chi connectivity index (χ2n) is 5.73. The molecule has 10 heteroatoms. The molecule has 0 aliphatic carbocycles. The first kappa shape index (κ1) is 21.0. The van der Waals surface area contributed by atoms with Gasteiger partial charge in [-0.2, -0.15) is 13.2 Å². The summed E-state index contributed by atoms with van der Waals surface area (Å²) in [5, 5.41) is 10.6. The van der Waals surface area contributed by atoms with Crippen molar-refractivity contribution in [3.63, 3.8) is 0 Å². The van der Waals surface area contributed by atoms with Crippen molar-refractivity contribution in [2.75, 3.05) is 5.32 Å². The van der Waals surface area contributed by atoms with Crippen molar-refractivity contribution in [3.8, 4) is 0 Å². The molecule has 0 saturated heterocycles. The number of anilines is 1. The molecule has 29 heavy (non-hydrogen) atoms. The van der Waals surface area contributed by atoms with E-state index in [-0.39, 0.29) is 16.5 Å². The Morgan fingerprint density at radius 3 is 2.62 bits per heavy atom. The van der Waals surface area contributed by atoms with Crippen LogP contribution in [0.1, 0.15) is 16.7 Å². The Morgan fingerprint density at radius 1 is 1.14 bits per heavy atom. The number of aromatic nitrogens is 2. The van der Waals surface area contributed by atoms with Gasteiger partial charge in [-0.3, -0.25) is 10.1 Å². The van der Waals surface area contributed by atoms with Crippen LogP contribution in [-0.4, -0.2) is 16.1 Å². The first-order valence-corrected chi connectivity index (χ1v) is 9.97. The van der Waals surface area contributed by atoms with E-state index in [1.54, 1.807) is 12.1 Å². The SMILES string of the molecule is O=C(/C=C/c1cccc(C(F)(F)F)c1)Nc1nnc(SCc2ccc(F)cc2)s1. The van der Waals surface area contributed by atoms with Crippen LogP contribution in [0.5, 0.6) is 0 Å². The molecule has 1 N–H and O–H groups in total. The van der Waals surface area contributed by atoms with Crippen molar-refractivity contribution < 1.29 is 22.4 Å². The van der Waals surface area contributed by atoms with Gasteiger partial charge < -0.3 is 0 Å². The molecule has 2 aromatic carbocycles. The van der Waals surface area contributed by atoms with Crippen molar-refractivity contribution in [3.05, 3.63) is 77.1 Å². The van der Waals surface area contributed by atoms with Crippen LogP contribution in [0.3, 0.4) is 0 Å². The van der Waals surface area contributed by atoms with Gasteiger partial charge in [0, 0.05) is 11.8 Å². The molecule has 1 aromatic heterocycles. The maximum Gasteiger partial charge on any atom is 0.416 e. The maximum absolute atomic E-state index is 12.9. The minimum atomic E-state index is -4.44. The standard InChI is InChI=1S/C19H13F4N3OS2/c20-15-7-4-13(5-8-15)11-28-18-26-25-17(29-18)24-16(27)9-6-12-2-1-3-14(10-12)19(21,22)23/h1-10H,11H2,(H,24,25,27)/b9-6+. The molecule has 0 aliphatic rings. The van der Waals surface area contributed by atoms with Gasteiger partial charge in [0.15, 0.2) is 4.34 Å². The lowest BCUT2D eigenvalue weighted by molar-refractivity contribution is -0.137. The van der Waals surface area contributed by atoms with Crippen LogP contribution in [0.25, 0.3) is 6.08 Å². The minimum absolute atomic E-state index is 0.253. The van der Waals surface area contributed by atoms with Gasteiger partial charge in [-0.1, -0.05) is 47.4 Å². The molecule has 0 atom stereocenters. The Morgan fingerprint density at radius 2 is 1.90 bits per heavy atom. The summed E-state index contributed by atoms with van der Waals surface area (Å²) in [4.78, 5) is 12.0. The summed E-state index contributed by atoms with van der Waals surface area (Å²) in [6, 6.07) is 10.7. The lowest BCUT2D eigenvalue weighted by Crippen LogP contribution is -2.07. The van der Waals surface area contributed by atoms with Gasteiger partial charge in [0.25, 0.3) is 0 Å². The summed E-state index contributed by atoms with van der Waals surface area (Å²) in [5.41, 5.74) is 0.385. The molecule has 0 saturated carbocycles. The number of carbonyl (C=O) groups is 1. The van der Waals surface area contributed by atoms with Crippen molar-refractivity contribution in [2.45, 2.75) is 16.3 Å². The molecular formula is C19H13F4N3OS2. The van der Waals surface area contributed by atoms with Gasteiger partial charge in [0.1, 0.15) is 5.82 Å². The number of hydrogen-bond acceptors (Lipinski definition) is 5. The highest BCUT2D eigenvalue weighted by atomic mass is 32.2. The van der Waals surface area contributed by atoms with Crippen LogP contribution in [0.4, 0.5) is 22.7 Å². The lowest BCUT2D eigenvalue weighted by atomic mass is 10.1. The summed E-state index contributed by atoms with van der Waals surface area (Å²) >= 11 is 2.55. The number of hydrogen-bond donors (Lipinski definition) is 1. The summed E-state index contributed by atoms with van der Waals surface area (Å²) in [7, 11) is 0. The zero-order valence-corrected chi connectivity index (χ0v) is 16.2. The van der Waals surface area contributed by atoms with Gasteiger partial charge in [-0.25, -0.2) is 4.39 Å². The molecule has 1 amide bonds. The first-order valence-electron chi connectivity index (χ1n) is 8.17. The molecule has 0 unspecified atom stereocenters. The third-order valence-corrected chi connectivity index (χ3v) is 5.60. The fraction of sp³-hybridized carbons (Fsp3) is 0.105. The van der Waals surface area contributed by atoms with E-state index < -0.39 is 17.6 Å². The van der Waals surface area contributed by atoms with Gasteiger partial charge in [-0.15, -0.1) is 10.2 Å². The average molecular weight is 439 g/mol. The van der Waals surface area contributed by atoms with Gasteiger partial charge in [0.05, 0.1) is 5.56 Å². The zero-order valence-electron chi connectivity index (χ0n) is 14.6. The fourth-order valence-electron chi connectivity index (χ4n) is 2.18. The number of halogens is 4. The Labute approximate surface area is 171 Å². The second kappa shape index (κ2) is 9.19. The molecule has 0 aliphatic heterocycles. The van der Waals surface area contributed by atoms with E-state index in [9.17, 15) is 22.4 Å². The van der Waals surface area contributed by atoms with Crippen LogP contribution >= 0.6 is 23.1 Å². The molecular weight excluding hydrogens is 426 g/mol. The predicted octanol–water partition coefficient (Wildman–Crippen LogP) is 5.64. The van der Waals surface area contributed by atoms with Crippen LogP contribution in [0.15, 0.2) is 58.9 Å². The number of alkyl halides is 3. The monoisotopic (exact) mass is 439 g/mol. The van der Waals surface area contributed by atoms with Crippen molar-refractivity contribution in [2.24, 2.45) is 0 Å². The number of rotatable bonds is 6. The molecule has 1 heterocycles. The number of nitrogens with zero attached hydrogens (tertiary/aromatic N) is 2. The minimum Gasteiger partial charge on any atom is -0.297 e. The van der Waals surface area contributed by atoms with Crippen LogP contribution in [0, 0.1) is 5.82 Å². The number of carbonyl (C=O) groups excluding carboxylic acids is 1. The van der Waals surface area contributed by atoms with E-state index in [0.29, 0.717) is 10.1 Å². The second-order valence-corrected chi connectivity index (χ2v) is 7.93. The third-order valence-electron chi connectivity index (χ3n) is 3.55. The number of amides is 1. The van der Waals surface area contributed by atoms with Gasteiger partial charge in [0.2, 0.25) is 11.0 Å². The maximum atomic E-state index is 12.9. The average Bonchev–Trinajstić information content (AvgIpc) is 3.13. The highest BCUT2D eigenvalue weighted by molar-refractivity contribution is 8.00. The van der Waals surface area contributed by atoms with Crippen LogP contribution < -0.4 is 5.32 Å². The van der Waals surface area contributed by atoms with Crippen LogP contribution in [-0.2, 0) is 16.7 Å². The van der Waals surface area contributed by atoms with E-state index >= 15 is 0 Å². The van der Waals surface area contributed by atoms with E-state index in [1.165, 1.54) is 42.1 Å². The van der Waals surface area contributed by atoms with Gasteiger partial charge in [-0.05, 0) is 41.5 Å². The Kier molecular flexibility index (Phi) is 6.65. The quantitative estimate of drug-likeness (QED) is 0.234. The third kappa shape index (κ3) is 6.40. The lowest BCUT2D eigenvalue weighted by Gasteiger charge is -2.06. The Bertz CT molecular complexity index is 1020. The zero-order chi connectivity index (χ0) is 20.9. The fourth-order valence-corrected chi connectivity index (χ4v) is 3.89. The normalized spacial score (nSPS) is 11.7. The Balaban J connectivity index is 1.54. The number of benzene rings is 2. The molecule has 0 fully saturated rings. The summed E-state index contributed by atoms with van der Waals surface area (Å²) in [5.74, 6) is -0.273. The summed E-state index contributed by atoms with van der Waals surface area (Å²) < 4.78 is 51.6.